The minimum atomic E-state index is 0.0165. The van der Waals surface area contributed by atoms with Crippen LogP contribution in [-0.2, 0) is 11.2 Å². The Morgan fingerprint density at radius 2 is 1.83 bits per heavy atom. The number of carbonyl (C=O) groups is 1. The van der Waals surface area contributed by atoms with Gasteiger partial charge in [0.15, 0.2) is 0 Å². The summed E-state index contributed by atoms with van der Waals surface area (Å²) in [5.74, 6) is 0.0165. The lowest BCUT2D eigenvalue weighted by Gasteiger charge is -2.13. The summed E-state index contributed by atoms with van der Waals surface area (Å²) in [6.07, 6.45) is 1.35. The van der Waals surface area contributed by atoms with Crippen LogP contribution in [0.15, 0.2) is 48.5 Å². The largest absolute Gasteiger partial charge is 0.378 e. The van der Waals surface area contributed by atoms with Gasteiger partial charge in [0.1, 0.15) is 0 Å². The molecule has 128 valence electrons. The molecule has 0 unspecified atom stereocenters. The van der Waals surface area contributed by atoms with E-state index in [0.29, 0.717) is 13.0 Å². The Balaban J connectivity index is 1.64. The Kier molecular flexibility index (Phi) is 7.09. The summed E-state index contributed by atoms with van der Waals surface area (Å²) < 4.78 is 0. The summed E-state index contributed by atoms with van der Waals surface area (Å²) in [5, 5.41) is 6.95. The Morgan fingerprint density at radius 1 is 1.08 bits per heavy atom. The highest BCUT2D eigenvalue weighted by molar-refractivity contribution is 6.30. The third-order valence-electron chi connectivity index (χ3n) is 3.68. The van der Waals surface area contributed by atoms with Gasteiger partial charge in [0.05, 0.1) is 0 Å². The van der Waals surface area contributed by atoms with Gasteiger partial charge in [-0.1, -0.05) is 23.7 Å². The molecule has 0 spiro atoms. The molecule has 0 aliphatic rings. The summed E-state index contributed by atoms with van der Waals surface area (Å²) in [6.45, 7) is 1.48. The number of rotatable bonds is 8. The van der Waals surface area contributed by atoms with Crippen molar-refractivity contribution in [1.82, 2.24) is 5.32 Å². The van der Waals surface area contributed by atoms with E-state index in [-0.39, 0.29) is 5.91 Å². The molecule has 2 aromatic rings. The molecule has 0 aliphatic heterocycles. The standard InChI is InChI=1S/C19H24ClN3O/c1-23(2)18-8-6-17(7-9-18)22-19(24)11-13-21-12-10-15-4-3-5-16(20)14-15/h3-9,14,21H,10-13H2,1-2H3,(H,22,24). The first-order valence-electron chi connectivity index (χ1n) is 8.07. The van der Waals surface area contributed by atoms with Crippen molar-refractivity contribution < 1.29 is 4.79 Å². The zero-order valence-corrected chi connectivity index (χ0v) is 14.9. The van der Waals surface area contributed by atoms with Crippen LogP contribution >= 0.6 is 11.6 Å². The highest BCUT2D eigenvalue weighted by Gasteiger charge is 2.03. The molecule has 2 aromatic carbocycles. The quantitative estimate of drug-likeness (QED) is 0.719. The van der Waals surface area contributed by atoms with E-state index in [1.54, 1.807) is 0 Å². The molecule has 0 atom stereocenters. The number of benzene rings is 2. The van der Waals surface area contributed by atoms with Gasteiger partial charge < -0.3 is 15.5 Å². The van der Waals surface area contributed by atoms with Crippen molar-refractivity contribution in [3.8, 4) is 0 Å². The fraction of sp³-hybridized carbons (Fsp3) is 0.316. The van der Waals surface area contributed by atoms with Gasteiger partial charge in [0.25, 0.3) is 0 Å². The van der Waals surface area contributed by atoms with Gasteiger partial charge in [-0.3, -0.25) is 4.79 Å². The van der Waals surface area contributed by atoms with Crippen molar-refractivity contribution in [2.24, 2.45) is 0 Å². The van der Waals surface area contributed by atoms with Gasteiger partial charge in [0.2, 0.25) is 5.91 Å². The number of halogens is 1. The molecule has 2 N–H and O–H groups in total. The van der Waals surface area contributed by atoms with Gasteiger partial charge in [-0.05, 0) is 54.9 Å². The number of nitrogens with one attached hydrogen (secondary N) is 2. The molecule has 0 radical (unpaired) electrons. The second-order valence-electron chi connectivity index (χ2n) is 5.87. The molecule has 0 saturated heterocycles. The molecule has 4 nitrogen and oxygen atoms in total. The highest BCUT2D eigenvalue weighted by Crippen LogP contribution is 2.15. The van der Waals surface area contributed by atoms with E-state index < -0.39 is 0 Å². The first-order chi connectivity index (χ1) is 11.5. The number of hydrogen-bond acceptors (Lipinski definition) is 3. The third-order valence-corrected chi connectivity index (χ3v) is 3.91. The zero-order valence-electron chi connectivity index (χ0n) is 14.2. The van der Waals surface area contributed by atoms with Crippen LogP contribution in [0.2, 0.25) is 5.02 Å². The summed E-state index contributed by atoms with van der Waals surface area (Å²) in [5.41, 5.74) is 3.13. The summed E-state index contributed by atoms with van der Waals surface area (Å²) in [7, 11) is 3.98. The molecular weight excluding hydrogens is 322 g/mol. The van der Waals surface area contributed by atoms with Crippen molar-refractivity contribution in [1.29, 1.82) is 0 Å². The third kappa shape index (κ3) is 6.22. The lowest BCUT2D eigenvalue weighted by molar-refractivity contribution is -0.116. The normalized spacial score (nSPS) is 10.5. The molecule has 0 heterocycles. The van der Waals surface area contributed by atoms with Crippen molar-refractivity contribution in [2.45, 2.75) is 12.8 Å². The number of anilines is 2. The molecule has 24 heavy (non-hydrogen) atoms. The maximum absolute atomic E-state index is 11.9. The van der Waals surface area contributed by atoms with Crippen molar-refractivity contribution in [2.75, 3.05) is 37.4 Å². The van der Waals surface area contributed by atoms with Gasteiger partial charge >= 0.3 is 0 Å². The Bertz CT molecular complexity index is 656. The molecule has 1 amide bonds. The van der Waals surface area contributed by atoms with Crippen LogP contribution in [0, 0.1) is 0 Å². The molecular formula is C19H24ClN3O. The maximum atomic E-state index is 11.9. The fourth-order valence-electron chi connectivity index (χ4n) is 2.32. The van der Waals surface area contributed by atoms with Gasteiger partial charge in [0, 0.05) is 43.5 Å². The smallest absolute Gasteiger partial charge is 0.225 e. The molecule has 0 aromatic heterocycles. The maximum Gasteiger partial charge on any atom is 0.225 e. The summed E-state index contributed by atoms with van der Waals surface area (Å²) in [4.78, 5) is 14.0. The van der Waals surface area contributed by atoms with E-state index in [1.165, 1.54) is 5.56 Å². The van der Waals surface area contributed by atoms with Crippen LogP contribution in [-0.4, -0.2) is 33.1 Å². The summed E-state index contributed by atoms with van der Waals surface area (Å²) >= 11 is 5.95. The van der Waals surface area contributed by atoms with Crippen LogP contribution in [0.3, 0.4) is 0 Å². The number of carbonyl (C=O) groups excluding carboxylic acids is 1. The minimum absolute atomic E-state index is 0.0165. The van der Waals surface area contributed by atoms with Gasteiger partial charge in [-0.25, -0.2) is 0 Å². The van der Waals surface area contributed by atoms with E-state index >= 15 is 0 Å². The van der Waals surface area contributed by atoms with Crippen LogP contribution < -0.4 is 15.5 Å². The molecule has 0 saturated carbocycles. The first kappa shape index (κ1) is 18.3. The van der Waals surface area contributed by atoms with Crippen LogP contribution in [0.25, 0.3) is 0 Å². The molecule has 0 aliphatic carbocycles. The van der Waals surface area contributed by atoms with Crippen LogP contribution in [0.1, 0.15) is 12.0 Å². The van der Waals surface area contributed by atoms with Crippen molar-refractivity contribution >= 4 is 28.9 Å². The SMILES string of the molecule is CN(C)c1ccc(NC(=O)CCNCCc2cccc(Cl)c2)cc1. The molecule has 2 rings (SSSR count). The number of hydrogen-bond donors (Lipinski definition) is 2. The first-order valence-corrected chi connectivity index (χ1v) is 8.45. The van der Waals surface area contributed by atoms with Gasteiger partial charge in [-0.15, -0.1) is 0 Å². The van der Waals surface area contributed by atoms with Crippen LogP contribution in [0.4, 0.5) is 11.4 Å². The van der Waals surface area contributed by atoms with Crippen molar-refractivity contribution in [3.63, 3.8) is 0 Å². The second kappa shape index (κ2) is 9.30. The predicted molar refractivity (Wildman–Crippen MR) is 102 cm³/mol. The zero-order chi connectivity index (χ0) is 17.4. The lowest BCUT2D eigenvalue weighted by atomic mass is 10.1. The van der Waals surface area contributed by atoms with E-state index in [1.807, 2.05) is 61.5 Å². The minimum Gasteiger partial charge on any atom is -0.378 e. The monoisotopic (exact) mass is 345 g/mol. The van der Waals surface area contributed by atoms with E-state index in [0.717, 1.165) is 29.4 Å². The average Bonchev–Trinajstić information content (AvgIpc) is 2.55. The van der Waals surface area contributed by atoms with E-state index in [2.05, 4.69) is 16.7 Å². The summed E-state index contributed by atoms with van der Waals surface area (Å²) in [6, 6.07) is 15.6. The average molecular weight is 346 g/mol. The number of nitrogens with zero attached hydrogens (tertiary/aromatic N) is 1. The Labute approximate surface area is 148 Å². The second-order valence-corrected chi connectivity index (χ2v) is 6.31. The van der Waals surface area contributed by atoms with E-state index in [4.69, 9.17) is 11.6 Å². The lowest BCUT2D eigenvalue weighted by Crippen LogP contribution is -2.23. The fourth-order valence-corrected chi connectivity index (χ4v) is 2.53. The Hall–Kier alpha value is -2.04. The molecule has 5 heteroatoms. The van der Waals surface area contributed by atoms with Gasteiger partial charge in [-0.2, -0.15) is 0 Å². The highest BCUT2D eigenvalue weighted by atomic mass is 35.5. The predicted octanol–water partition coefficient (Wildman–Crippen LogP) is 3.57. The molecule has 0 bridgehead atoms. The molecule has 0 fully saturated rings. The van der Waals surface area contributed by atoms with Crippen LogP contribution in [0.5, 0.6) is 0 Å². The Morgan fingerprint density at radius 3 is 2.50 bits per heavy atom. The topological polar surface area (TPSA) is 44.4 Å². The van der Waals surface area contributed by atoms with E-state index in [9.17, 15) is 4.79 Å². The number of amides is 1. The van der Waals surface area contributed by atoms with Crippen molar-refractivity contribution in [3.05, 3.63) is 59.1 Å².